The summed E-state index contributed by atoms with van der Waals surface area (Å²) < 4.78 is 63.3. The lowest BCUT2D eigenvalue weighted by molar-refractivity contribution is -0.137. The number of alkyl halides is 3. The van der Waals surface area contributed by atoms with Crippen LogP contribution in [0.15, 0.2) is 59.5 Å². The highest BCUT2D eigenvalue weighted by atomic mass is 19.4. The van der Waals surface area contributed by atoms with Crippen LogP contribution in [0, 0.1) is 11.7 Å². The van der Waals surface area contributed by atoms with Gasteiger partial charge in [-0.1, -0.05) is 12.1 Å². The van der Waals surface area contributed by atoms with Crippen LogP contribution in [-0.4, -0.2) is 43.1 Å². The average molecular weight is 492 g/mol. The van der Waals surface area contributed by atoms with Crippen molar-refractivity contribution in [2.45, 2.75) is 30.6 Å². The lowest BCUT2D eigenvalue weighted by Crippen LogP contribution is -2.43. The summed E-state index contributed by atoms with van der Waals surface area (Å²) in [5, 5.41) is 5.65. The van der Waals surface area contributed by atoms with Gasteiger partial charge in [0, 0.05) is 24.9 Å². The molecule has 2 N–H and O–H groups in total. The number of pyridine rings is 1. The molecule has 2 aromatic rings. The quantitative estimate of drug-likeness (QED) is 0.544. The Kier molecular flexibility index (Phi) is 6.54. The molecule has 1 unspecified atom stereocenters. The van der Waals surface area contributed by atoms with E-state index in [9.17, 15) is 22.4 Å². The maximum absolute atomic E-state index is 14.0. The molecule has 0 radical (unpaired) electrons. The largest absolute Gasteiger partial charge is 0.490 e. The molecule has 1 aliphatic heterocycles. The van der Waals surface area contributed by atoms with Gasteiger partial charge in [-0.3, -0.25) is 9.79 Å². The number of amides is 1. The van der Waals surface area contributed by atoms with Gasteiger partial charge in [-0.2, -0.15) is 13.2 Å². The van der Waals surface area contributed by atoms with Crippen LogP contribution in [-0.2, 0) is 25.9 Å². The van der Waals surface area contributed by atoms with Crippen LogP contribution < -0.4 is 10.6 Å². The predicted molar refractivity (Wildman–Crippen MR) is 120 cm³/mol. The SMILES string of the molecule is COCC1(C)N=CC(OC[C@@]2(c3cccc(F)c3)C[C@H]2C(=O)Nc2ccc(C(F)(F)F)cn2)=CN1. The molecule has 7 nitrogen and oxygen atoms in total. The van der Waals surface area contributed by atoms with E-state index in [2.05, 4.69) is 20.6 Å². The molecular weight excluding hydrogens is 468 g/mol. The fraction of sp³-hybridized carbons (Fsp3) is 0.375. The predicted octanol–water partition coefficient (Wildman–Crippen LogP) is 4.03. The van der Waals surface area contributed by atoms with Gasteiger partial charge in [0.2, 0.25) is 5.91 Å². The Morgan fingerprint density at radius 2 is 2.06 bits per heavy atom. The molecule has 1 saturated carbocycles. The number of aliphatic imine (C=N–C) groups is 1. The van der Waals surface area contributed by atoms with Crippen molar-refractivity contribution >= 4 is 17.9 Å². The van der Waals surface area contributed by atoms with Crippen molar-refractivity contribution in [1.29, 1.82) is 0 Å². The Hall–Kier alpha value is -3.47. The molecule has 0 saturated heterocycles. The third-order valence-corrected chi connectivity index (χ3v) is 6.06. The van der Waals surface area contributed by atoms with Crippen molar-refractivity contribution in [1.82, 2.24) is 10.3 Å². The Balaban J connectivity index is 1.47. The molecule has 1 fully saturated rings. The zero-order valence-electron chi connectivity index (χ0n) is 19.0. The number of halogens is 4. The summed E-state index contributed by atoms with van der Waals surface area (Å²) in [4.78, 5) is 21.0. The van der Waals surface area contributed by atoms with E-state index in [1.165, 1.54) is 12.1 Å². The van der Waals surface area contributed by atoms with E-state index < -0.39 is 40.5 Å². The van der Waals surface area contributed by atoms with Crippen LogP contribution in [0.5, 0.6) is 0 Å². The van der Waals surface area contributed by atoms with E-state index in [0.717, 1.165) is 12.1 Å². The highest BCUT2D eigenvalue weighted by Gasteiger charge is 2.60. The lowest BCUT2D eigenvalue weighted by atomic mass is 9.93. The van der Waals surface area contributed by atoms with E-state index in [0.29, 0.717) is 30.5 Å². The van der Waals surface area contributed by atoms with E-state index in [-0.39, 0.29) is 12.4 Å². The number of nitrogens with zero attached hydrogens (tertiary/aromatic N) is 2. The molecule has 2 aliphatic rings. The van der Waals surface area contributed by atoms with Gasteiger partial charge in [0.05, 0.1) is 30.9 Å². The van der Waals surface area contributed by atoms with Gasteiger partial charge in [0.1, 0.15) is 17.3 Å². The second kappa shape index (κ2) is 9.29. The summed E-state index contributed by atoms with van der Waals surface area (Å²) in [5.41, 5.74) is -1.77. The number of carbonyl (C=O) groups is 1. The number of hydrogen-bond acceptors (Lipinski definition) is 6. The van der Waals surface area contributed by atoms with Crippen molar-refractivity contribution in [3.05, 3.63) is 71.5 Å². The highest BCUT2D eigenvalue weighted by Crippen LogP contribution is 2.55. The zero-order chi connectivity index (χ0) is 25.3. The molecule has 186 valence electrons. The first-order valence-electron chi connectivity index (χ1n) is 10.8. The van der Waals surface area contributed by atoms with Gasteiger partial charge in [-0.15, -0.1) is 0 Å². The smallest absolute Gasteiger partial charge is 0.417 e. The van der Waals surface area contributed by atoms with Gasteiger partial charge in [-0.05, 0) is 43.2 Å². The molecule has 1 amide bonds. The Bertz CT molecular complexity index is 1150. The molecule has 35 heavy (non-hydrogen) atoms. The number of hydrogen-bond donors (Lipinski definition) is 2. The van der Waals surface area contributed by atoms with Crippen molar-refractivity contribution in [3.63, 3.8) is 0 Å². The third kappa shape index (κ3) is 5.45. The summed E-state index contributed by atoms with van der Waals surface area (Å²) in [6.45, 7) is 2.27. The minimum Gasteiger partial charge on any atom is -0.490 e. The molecule has 3 atom stereocenters. The molecule has 11 heteroatoms. The fourth-order valence-electron chi connectivity index (χ4n) is 4.02. The van der Waals surface area contributed by atoms with Crippen molar-refractivity contribution in [2.24, 2.45) is 10.9 Å². The standard InChI is InChI=1S/C24H24F4N4O3/c1-22(13-34-2)30-11-18(12-31-22)35-14-23(15-4-3-5-17(25)8-15)9-19(23)21(33)32-20-7-6-16(10-29-20)24(26,27)28/h3-8,10-12,19,30H,9,13-14H2,1-2H3,(H,29,32,33)/t19-,22?,23+/m0/s1. The van der Waals surface area contributed by atoms with Crippen LogP contribution in [0.2, 0.25) is 0 Å². The summed E-state index contributed by atoms with van der Waals surface area (Å²) in [6, 6.07) is 7.86. The van der Waals surface area contributed by atoms with Crippen LogP contribution in [0.1, 0.15) is 24.5 Å². The maximum Gasteiger partial charge on any atom is 0.417 e. The van der Waals surface area contributed by atoms with Gasteiger partial charge in [-0.25, -0.2) is 9.37 Å². The maximum atomic E-state index is 14.0. The Morgan fingerprint density at radius 3 is 2.66 bits per heavy atom. The molecule has 1 aromatic carbocycles. The summed E-state index contributed by atoms with van der Waals surface area (Å²) >= 11 is 0. The van der Waals surface area contributed by atoms with Gasteiger partial charge in [0.15, 0.2) is 5.76 Å². The topological polar surface area (TPSA) is 84.8 Å². The Labute approximate surface area is 199 Å². The molecule has 0 bridgehead atoms. The lowest BCUT2D eigenvalue weighted by Gasteiger charge is -2.28. The number of methoxy groups -OCH3 is 1. The van der Waals surface area contributed by atoms with E-state index in [4.69, 9.17) is 9.47 Å². The number of benzene rings is 1. The van der Waals surface area contributed by atoms with Crippen LogP contribution in [0.3, 0.4) is 0 Å². The van der Waals surface area contributed by atoms with E-state index in [1.807, 2.05) is 6.92 Å². The van der Waals surface area contributed by atoms with E-state index in [1.54, 1.807) is 31.7 Å². The Morgan fingerprint density at radius 1 is 1.26 bits per heavy atom. The van der Waals surface area contributed by atoms with Crippen molar-refractivity contribution < 1.29 is 31.8 Å². The zero-order valence-corrected chi connectivity index (χ0v) is 19.0. The molecule has 0 spiro atoms. The van der Waals surface area contributed by atoms with Crippen LogP contribution >= 0.6 is 0 Å². The first kappa shape index (κ1) is 24.6. The second-order valence-corrected chi connectivity index (χ2v) is 8.79. The second-order valence-electron chi connectivity index (χ2n) is 8.79. The first-order chi connectivity index (χ1) is 16.5. The average Bonchev–Trinajstić information content (AvgIpc) is 3.55. The summed E-state index contributed by atoms with van der Waals surface area (Å²) in [7, 11) is 1.57. The number of nitrogens with one attached hydrogen (secondary N) is 2. The third-order valence-electron chi connectivity index (χ3n) is 6.06. The normalized spacial score (nSPS) is 25.4. The minimum absolute atomic E-state index is 0.00675. The fourth-order valence-corrected chi connectivity index (χ4v) is 4.02. The van der Waals surface area contributed by atoms with Crippen molar-refractivity contribution in [2.75, 3.05) is 25.6 Å². The number of allylic oxidation sites excluding steroid dienone is 1. The molecule has 2 heterocycles. The van der Waals surface area contributed by atoms with Crippen LogP contribution in [0.4, 0.5) is 23.4 Å². The summed E-state index contributed by atoms with van der Waals surface area (Å²) in [5.74, 6) is -1.06. The number of anilines is 1. The minimum atomic E-state index is -4.52. The molecule has 4 rings (SSSR count). The highest BCUT2D eigenvalue weighted by molar-refractivity contribution is 5.95. The monoisotopic (exact) mass is 492 g/mol. The van der Waals surface area contributed by atoms with E-state index >= 15 is 0 Å². The molecule has 1 aromatic heterocycles. The number of rotatable bonds is 8. The van der Waals surface area contributed by atoms with Crippen LogP contribution in [0.25, 0.3) is 0 Å². The molecule has 1 aliphatic carbocycles. The number of carbonyl (C=O) groups excluding carboxylic acids is 1. The number of ether oxygens (including phenoxy) is 2. The van der Waals surface area contributed by atoms with Crippen molar-refractivity contribution in [3.8, 4) is 0 Å². The first-order valence-corrected chi connectivity index (χ1v) is 10.8. The van der Waals surface area contributed by atoms with Gasteiger partial charge >= 0.3 is 6.18 Å². The summed E-state index contributed by atoms with van der Waals surface area (Å²) in [6.07, 6.45) is -0.303. The van der Waals surface area contributed by atoms with Gasteiger partial charge in [0.25, 0.3) is 0 Å². The van der Waals surface area contributed by atoms with Gasteiger partial charge < -0.3 is 20.1 Å². The number of aromatic nitrogens is 1. The molecular formula is C24H24F4N4O3.